The molecule has 1 aromatic rings. The fourth-order valence-corrected chi connectivity index (χ4v) is 3.45. The smallest absolute Gasteiger partial charge is 0.288 e. The molecule has 0 saturated carbocycles. The van der Waals surface area contributed by atoms with Gasteiger partial charge in [-0.15, -0.1) is 0 Å². The van der Waals surface area contributed by atoms with Crippen LogP contribution in [0.25, 0.3) is 0 Å². The topological polar surface area (TPSA) is 33.5 Å². The molecule has 0 spiro atoms. The Bertz CT molecular complexity index is 488. The summed E-state index contributed by atoms with van der Waals surface area (Å²) in [6, 6.07) is 6.49. The molecule has 23 heavy (non-hydrogen) atoms. The number of amides is 1. The number of alkyl halides is 2. The molecule has 1 aliphatic rings. The molecule has 1 fully saturated rings. The molecule has 3 nitrogen and oxygen atoms in total. The van der Waals surface area contributed by atoms with E-state index in [9.17, 15) is 13.6 Å². The van der Waals surface area contributed by atoms with Crippen molar-refractivity contribution in [3.8, 4) is 0 Å². The Kier molecular flexibility index (Phi) is 7.30. The summed E-state index contributed by atoms with van der Waals surface area (Å²) in [6.45, 7) is 4.05. The Balaban J connectivity index is 1.89. The summed E-state index contributed by atoms with van der Waals surface area (Å²) in [6.07, 6.45) is 6.15. The van der Waals surface area contributed by atoms with E-state index in [4.69, 9.17) is 0 Å². The van der Waals surface area contributed by atoms with Crippen molar-refractivity contribution < 1.29 is 18.5 Å². The maximum Gasteiger partial charge on any atom is 0.288 e. The number of carbonyl (C=O) groups is 1. The Labute approximate surface area is 140 Å². The predicted octanol–water partition coefficient (Wildman–Crippen LogP) is 3.18. The van der Waals surface area contributed by atoms with Crippen LogP contribution >= 0.6 is 11.8 Å². The van der Waals surface area contributed by atoms with Gasteiger partial charge in [-0.05, 0) is 56.9 Å². The van der Waals surface area contributed by atoms with Crippen LogP contribution in [0.5, 0.6) is 0 Å². The number of nitrogens with one attached hydrogen (secondary N) is 2. The van der Waals surface area contributed by atoms with E-state index in [1.807, 2.05) is 6.92 Å². The molecule has 0 aromatic heterocycles. The van der Waals surface area contributed by atoms with Crippen molar-refractivity contribution in [1.82, 2.24) is 0 Å². The molecule has 2 N–H and O–H groups in total. The van der Waals surface area contributed by atoms with Gasteiger partial charge in [0, 0.05) is 10.6 Å². The largest absolute Gasteiger partial charge is 0.325 e. The number of likely N-dealkylation sites (tertiary alicyclic amines) is 1. The molecule has 2 rings (SSSR count). The highest BCUT2D eigenvalue weighted by atomic mass is 32.2. The monoisotopic (exact) mass is 343 g/mol. The van der Waals surface area contributed by atoms with Crippen LogP contribution in [0, 0.1) is 0 Å². The standard InChI is InChI=1S/C17H24F2N2OS/c1-13(21-11-5-3-2-4-6-12-21)16(22)20-14-7-9-15(10-8-14)23-17(18)19/h7-10,13,17H,2-6,11-12H2,1H3,(H,20,22)/p+1/t13-/m1/s1. The van der Waals surface area contributed by atoms with Crippen molar-refractivity contribution in [2.24, 2.45) is 0 Å². The van der Waals surface area contributed by atoms with E-state index in [-0.39, 0.29) is 11.9 Å². The van der Waals surface area contributed by atoms with Crippen molar-refractivity contribution >= 4 is 23.4 Å². The molecular weight excluding hydrogens is 318 g/mol. The van der Waals surface area contributed by atoms with E-state index < -0.39 is 5.76 Å². The van der Waals surface area contributed by atoms with Gasteiger partial charge in [0.05, 0.1) is 13.1 Å². The van der Waals surface area contributed by atoms with Crippen LogP contribution in [0.15, 0.2) is 29.2 Å². The molecule has 128 valence electrons. The van der Waals surface area contributed by atoms with Gasteiger partial charge in [-0.25, -0.2) is 0 Å². The third-order valence-corrected chi connectivity index (χ3v) is 5.07. The molecule has 0 bridgehead atoms. The Hall–Kier alpha value is -1.14. The summed E-state index contributed by atoms with van der Waals surface area (Å²) >= 11 is 0.509. The fraction of sp³-hybridized carbons (Fsp3) is 0.588. The summed E-state index contributed by atoms with van der Waals surface area (Å²) in [5.74, 6) is -2.43. The van der Waals surface area contributed by atoms with Crippen LogP contribution in [0.1, 0.15) is 39.0 Å². The number of halogens is 2. The summed E-state index contributed by atoms with van der Waals surface area (Å²) in [5.41, 5.74) is 0.659. The van der Waals surface area contributed by atoms with Gasteiger partial charge in [-0.3, -0.25) is 4.79 Å². The Morgan fingerprint density at radius 3 is 2.22 bits per heavy atom. The van der Waals surface area contributed by atoms with Crippen molar-refractivity contribution in [2.75, 3.05) is 18.4 Å². The Morgan fingerprint density at radius 1 is 1.09 bits per heavy atom. The van der Waals surface area contributed by atoms with Crippen LogP contribution in [-0.4, -0.2) is 30.8 Å². The number of anilines is 1. The van der Waals surface area contributed by atoms with Crippen molar-refractivity contribution in [3.63, 3.8) is 0 Å². The third kappa shape index (κ3) is 6.11. The van der Waals surface area contributed by atoms with Crippen LogP contribution in [0.4, 0.5) is 14.5 Å². The third-order valence-electron chi connectivity index (χ3n) is 4.35. The number of rotatable bonds is 5. The van der Waals surface area contributed by atoms with Gasteiger partial charge in [-0.2, -0.15) is 8.78 Å². The first-order valence-corrected chi connectivity index (χ1v) is 9.14. The van der Waals surface area contributed by atoms with E-state index in [0.717, 1.165) is 13.1 Å². The van der Waals surface area contributed by atoms with Gasteiger partial charge in [0.1, 0.15) is 0 Å². The number of carbonyl (C=O) groups excluding carboxylic acids is 1. The van der Waals surface area contributed by atoms with E-state index in [0.29, 0.717) is 22.3 Å². The Morgan fingerprint density at radius 2 is 1.65 bits per heavy atom. The molecule has 1 aliphatic heterocycles. The zero-order chi connectivity index (χ0) is 16.7. The van der Waals surface area contributed by atoms with E-state index in [1.165, 1.54) is 37.0 Å². The fourth-order valence-electron chi connectivity index (χ4n) is 2.95. The van der Waals surface area contributed by atoms with Crippen molar-refractivity contribution in [2.45, 2.75) is 55.7 Å². The van der Waals surface area contributed by atoms with Gasteiger partial charge < -0.3 is 10.2 Å². The highest BCUT2D eigenvalue weighted by molar-refractivity contribution is 7.99. The zero-order valence-electron chi connectivity index (χ0n) is 13.5. The van der Waals surface area contributed by atoms with Gasteiger partial charge in [0.25, 0.3) is 11.7 Å². The number of hydrogen-bond acceptors (Lipinski definition) is 2. The number of thioether (sulfide) groups is 1. The van der Waals surface area contributed by atoms with Gasteiger partial charge in [0.2, 0.25) is 0 Å². The summed E-state index contributed by atoms with van der Waals surface area (Å²) in [7, 11) is 0. The van der Waals surface area contributed by atoms with Gasteiger partial charge in [-0.1, -0.05) is 18.2 Å². The first-order valence-electron chi connectivity index (χ1n) is 8.26. The molecule has 6 heteroatoms. The van der Waals surface area contributed by atoms with E-state index in [1.54, 1.807) is 24.3 Å². The normalized spacial score (nSPS) is 18.3. The molecule has 1 atom stereocenters. The summed E-state index contributed by atoms with van der Waals surface area (Å²) in [5, 5.41) is 2.90. The summed E-state index contributed by atoms with van der Waals surface area (Å²) < 4.78 is 24.6. The van der Waals surface area contributed by atoms with Crippen molar-refractivity contribution in [1.29, 1.82) is 0 Å². The van der Waals surface area contributed by atoms with Crippen LogP contribution in [0.3, 0.4) is 0 Å². The molecular formula is C17H25F2N2OS+. The number of benzene rings is 1. The minimum absolute atomic E-state index is 0.00478. The second-order valence-corrected chi connectivity index (χ2v) is 7.10. The van der Waals surface area contributed by atoms with Gasteiger partial charge in [0.15, 0.2) is 6.04 Å². The minimum atomic E-state index is -2.42. The van der Waals surface area contributed by atoms with Crippen LogP contribution in [-0.2, 0) is 4.79 Å². The lowest BCUT2D eigenvalue weighted by Gasteiger charge is -2.26. The second kappa shape index (κ2) is 9.23. The quantitative estimate of drug-likeness (QED) is 0.805. The van der Waals surface area contributed by atoms with Crippen molar-refractivity contribution in [3.05, 3.63) is 24.3 Å². The minimum Gasteiger partial charge on any atom is -0.325 e. The van der Waals surface area contributed by atoms with Gasteiger partial charge >= 0.3 is 0 Å². The van der Waals surface area contributed by atoms with Crippen LogP contribution < -0.4 is 10.2 Å². The second-order valence-electron chi connectivity index (χ2n) is 6.04. The van der Waals surface area contributed by atoms with E-state index in [2.05, 4.69) is 5.32 Å². The lowest BCUT2D eigenvalue weighted by atomic mass is 10.1. The van der Waals surface area contributed by atoms with E-state index >= 15 is 0 Å². The summed E-state index contributed by atoms with van der Waals surface area (Å²) in [4.78, 5) is 14.3. The number of hydrogen-bond donors (Lipinski definition) is 2. The molecule has 0 unspecified atom stereocenters. The SMILES string of the molecule is C[C@H](C(=O)Nc1ccc(SC(F)F)cc1)[NH+]1CCCCCCC1. The average Bonchev–Trinajstić information content (AvgIpc) is 2.48. The first kappa shape index (κ1) is 18.2. The lowest BCUT2D eigenvalue weighted by molar-refractivity contribution is -0.914. The number of quaternary nitrogens is 1. The zero-order valence-corrected chi connectivity index (χ0v) is 14.3. The molecule has 1 aromatic carbocycles. The predicted molar refractivity (Wildman–Crippen MR) is 90.2 cm³/mol. The first-order chi connectivity index (χ1) is 11.1. The highest BCUT2D eigenvalue weighted by Gasteiger charge is 2.25. The highest BCUT2D eigenvalue weighted by Crippen LogP contribution is 2.26. The maximum absolute atomic E-state index is 12.4. The maximum atomic E-state index is 12.4. The van der Waals surface area contributed by atoms with Crippen LogP contribution in [0.2, 0.25) is 0 Å². The lowest BCUT2D eigenvalue weighted by Crippen LogP contribution is -3.16. The molecule has 1 saturated heterocycles. The molecule has 0 aliphatic carbocycles. The molecule has 1 heterocycles. The molecule has 1 amide bonds. The average molecular weight is 343 g/mol. The molecule has 0 radical (unpaired) electrons.